The van der Waals surface area contributed by atoms with Crippen molar-refractivity contribution >= 4 is 21.6 Å². The summed E-state index contributed by atoms with van der Waals surface area (Å²) >= 11 is 0. The zero-order chi connectivity index (χ0) is 19.7. The Labute approximate surface area is 165 Å². The summed E-state index contributed by atoms with van der Waals surface area (Å²) in [6.07, 6.45) is 1.37. The lowest BCUT2D eigenvalue weighted by Crippen LogP contribution is -2.48. The van der Waals surface area contributed by atoms with Gasteiger partial charge in [-0.25, -0.2) is 8.42 Å². The third-order valence-corrected chi connectivity index (χ3v) is 7.27. The quantitative estimate of drug-likeness (QED) is 0.795. The van der Waals surface area contributed by atoms with Gasteiger partial charge < -0.3 is 9.64 Å². The Kier molecular flexibility index (Phi) is 5.12. The van der Waals surface area contributed by atoms with Crippen molar-refractivity contribution in [2.75, 3.05) is 31.1 Å². The van der Waals surface area contributed by atoms with Crippen LogP contribution in [0.25, 0.3) is 0 Å². The Hall–Kier alpha value is -2.38. The molecule has 2 heterocycles. The average molecular weight is 401 g/mol. The van der Waals surface area contributed by atoms with Crippen molar-refractivity contribution in [2.45, 2.75) is 24.7 Å². The number of benzene rings is 2. The normalized spacial score (nSPS) is 20.3. The fourth-order valence-electron chi connectivity index (χ4n) is 3.84. The molecule has 0 bridgehead atoms. The van der Waals surface area contributed by atoms with Crippen molar-refractivity contribution < 1.29 is 17.9 Å². The number of sulfonamides is 1. The zero-order valence-corrected chi connectivity index (χ0v) is 16.7. The standard InChI is InChI=1S/C21H24N2O4S/c1-16-8-10-18(11-9-16)28(25,26)22-12-4-5-17(15-22)21(24)23-13-14-27-20-7-3-2-6-19(20)23/h2-3,6-11,17H,4-5,12-15H2,1H3/t17-/m1/s1. The Morgan fingerprint density at radius 3 is 2.61 bits per heavy atom. The molecule has 4 rings (SSSR count). The molecule has 0 spiro atoms. The number of carbonyl (C=O) groups excluding carboxylic acids is 1. The van der Waals surface area contributed by atoms with E-state index in [1.807, 2.05) is 31.2 Å². The first-order valence-electron chi connectivity index (χ1n) is 9.57. The van der Waals surface area contributed by atoms with Crippen LogP contribution in [0, 0.1) is 12.8 Å². The van der Waals surface area contributed by atoms with E-state index < -0.39 is 10.0 Å². The number of rotatable bonds is 3. The second kappa shape index (κ2) is 7.56. The Morgan fingerprint density at radius 1 is 1.07 bits per heavy atom. The predicted molar refractivity (Wildman–Crippen MR) is 107 cm³/mol. The van der Waals surface area contributed by atoms with Crippen molar-refractivity contribution in [3.8, 4) is 5.75 Å². The summed E-state index contributed by atoms with van der Waals surface area (Å²) in [6.45, 7) is 3.51. The van der Waals surface area contributed by atoms with Gasteiger partial charge in [-0.3, -0.25) is 4.79 Å². The second-order valence-corrected chi connectivity index (χ2v) is 9.26. The summed E-state index contributed by atoms with van der Waals surface area (Å²) in [7, 11) is -3.60. The van der Waals surface area contributed by atoms with Crippen molar-refractivity contribution in [3.05, 3.63) is 54.1 Å². The number of carbonyl (C=O) groups is 1. The maximum atomic E-state index is 13.2. The molecule has 1 fully saturated rings. The number of ether oxygens (including phenoxy) is 1. The van der Waals surface area contributed by atoms with Gasteiger partial charge in [-0.1, -0.05) is 29.8 Å². The number of para-hydroxylation sites is 2. The van der Waals surface area contributed by atoms with Gasteiger partial charge >= 0.3 is 0 Å². The second-order valence-electron chi connectivity index (χ2n) is 7.32. The third kappa shape index (κ3) is 3.52. The molecule has 0 saturated carbocycles. The van der Waals surface area contributed by atoms with Gasteiger partial charge in [0.1, 0.15) is 12.4 Å². The lowest BCUT2D eigenvalue weighted by molar-refractivity contribution is -0.123. The van der Waals surface area contributed by atoms with Gasteiger partial charge in [0, 0.05) is 13.1 Å². The topological polar surface area (TPSA) is 66.9 Å². The molecule has 1 atom stereocenters. The Bertz CT molecular complexity index is 972. The van der Waals surface area contributed by atoms with Crippen LogP contribution >= 0.6 is 0 Å². The molecule has 0 aromatic heterocycles. The minimum absolute atomic E-state index is 0.0282. The first kappa shape index (κ1) is 19.0. The highest BCUT2D eigenvalue weighted by Gasteiger charge is 2.36. The number of hydrogen-bond donors (Lipinski definition) is 0. The van der Waals surface area contributed by atoms with E-state index in [1.54, 1.807) is 29.2 Å². The minimum Gasteiger partial charge on any atom is -0.490 e. The molecular formula is C21H24N2O4S. The fraction of sp³-hybridized carbons (Fsp3) is 0.381. The predicted octanol–water partition coefficient (Wildman–Crippen LogP) is 2.82. The van der Waals surface area contributed by atoms with Gasteiger partial charge in [0.2, 0.25) is 15.9 Å². The lowest BCUT2D eigenvalue weighted by Gasteiger charge is -2.36. The molecule has 0 N–H and O–H groups in total. The molecule has 2 aliphatic heterocycles. The van der Waals surface area contributed by atoms with Crippen LogP contribution in [0.4, 0.5) is 5.69 Å². The molecule has 0 unspecified atom stereocenters. The van der Waals surface area contributed by atoms with Gasteiger partial charge in [-0.2, -0.15) is 4.31 Å². The van der Waals surface area contributed by atoms with E-state index >= 15 is 0 Å². The lowest BCUT2D eigenvalue weighted by atomic mass is 9.97. The van der Waals surface area contributed by atoms with E-state index in [9.17, 15) is 13.2 Å². The highest BCUT2D eigenvalue weighted by molar-refractivity contribution is 7.89. The van der Waals surface area contributed by atoms with E-state index in [-0.39, 0.29) is 23.3 Å². The third-order valence-electron chi connectivity index (χ3n) is 5.39. The molecule has 1 saturated heterocycles. The van der Waals surface area contributed by atoms with Crippen molar-refractivity contribution in [1.82, 2.24) is 4.31 Å². The van der Waals surface area contributed by atoms with Gasteiger partial charge in [0.05, 0.1) is 23.0 Å². The molecule has 148 valence electrons. The summed E-state index contributed by atoms with van der Waals surface area (Å²) in [5.41, 5.74) is 1.77. The molecule has 0 aliphatic carbocycles. The maximum Gasteiger partial charge on any atom is 0.243 e. The van der Waals surface area contributed by atoms with Gasteiger partial charge in [-0.05, 0) is 44.0 Å². The van der Waals surface area contributed by atoms with E-state index in [0.29, 0.717) is 38.3 Å². The van der Waals surface area contributed by atoms with E-state index in [4.69, 9.17) is 4.74 Å². The van der Waals surface area contributed by atoms with E-state index in [0.717, 1.165) is 11.3 Å². The summed E-state index contributed by atoms with van der Waals surface area (Å²) in [4.78, 5) is 15.2. The zero-order valence-electron chi connectivity index (χ0n) is 15.9. The Morgan fingerprint density at radius 2 is 1.82 bits per heavy atom. The smallest absolute Gasteiger partial charge is 0.243 e. The number of amides is 1. The number of hydrogen-bond acceptors (Lipinski definition) is 4. The van der Waals surface area contributed by atoms with E-state index in [1.165, 1.54) is 4.31 Å². The van der Waals surface area contributed by atoms with Crippen molar-refractivity contribution in [3.63, 3.8) is 0 Å². The molecule has 0 radical (unpaired) electrons. The molecular weight excluding hydrogens is 376 g/mol. The molecule has 2 aromatic rings. The monoisotopic (exact) mass is 400 g/mol. The molecule has 7 heteroatoms. The molecule has 1 amide bonds. The van der Waals surface area contributed by atoms with Crippen LogP contribution in [-0.4, -0.2) is 44.9 Å². The van der Waals surface area contributed by atoms with Crippen LogP contribution in [0.2, 0.25) is 0 Å². The molecule has 2 aromatic carbocycles. The van der Waals surface area contributed by atoms with Crippen molar-refractivity contribution in [2.24, 2.45) is 5.92 Å². The van der Waals surface area contributed by atoms with Crippen molar-refractivity contribution in [1.29, 1.82) is 0 Å². The number of anilines is 1. The number of piperidine rings is 1. The van der Waals surface area contributed by atoms with E-state index in [2.05, 4.69) is 0 Å². The summed E-state index contributed by atoms with van der Waals surface area (Å²) in [5, 5.41) is 0. The van der Waals surface area contributed by atoms with Gasteiger partial charge in [-0.15, -0.1) is 0 Å². The summed E-state index contributed by atoms with van der Waals surface area (Å²) < 4.78 is 33.1. The average Bonchev–Trinajstić information content (AvgIpc) is 2.73. The van der Waals surface area contributed by atoms with Gasteiger partial charge in [0.15, 0.2) is 0 Å². The number of aryl methyl sites for hydroxylation is 1. The van der Waals surface area contributed by atoms with Crippen LogP contribution < -0.4 is 9.64 Å². The number of fused-ring (bicyclic) bond motifs is 1. The van der Waals surface area contributed by atoms with Crippen LogP contribution in [-0.2, 0) is 14.8 Å². The molecule has 2 aliphatic rings. The summed E-state index contributed by atoms with van der Waals surface area (Å²) in [5.74, 6) is 0.321. The van der Waals surface area contributed by atoms with Crippen LogP contribution in [0.5, 0.6) is 5.75 Å². The highest BCUT2D eigenvalue weighted by atomic mass is 32.2. The minimum atomic E-state index is -3.60. The van der Waals surface area contributed by atoms with Crippen LogP contribution in [0.3, 0.4) is 0 Å². The number of nitrogens with zero attached hydrogens (tertiary/aromatic N) is 2. The van der Waals surface area contributed by atoms with Gasteiger partial charge in [0.25, 0.3) is 0 Å². The largest absolute Gasteiger partial charge is 0.490 e. The molecule has 6 nitrogen and oxygen atoms in total. The first-order valence-corrected chi connectivity index (χ1v) is 11.0. The SMILES string of the molecule is Cc1ccc(S(=O)(=O)N2CCC[C@@H](C(=O)N3CCOc4ccccc43)C2)cc1. The maximum absolute atomic E-state index is 13.2. The van der Waals surface area contributed by atoms with Crippen LogP contribution in [0.15, 0.2) is 53.4 Å². The highest BCUT2D eigenvalue weighted by Crippen LogP contribution is 2.33. The van der Waals surface area contributed by atoms with Crippen LogP contribution in [0.1, 0.15) is 18.4 Å². The fourth-order valence-corrected chi connectivity index (χ4v) is 5.36. The molecule has 28 heavy (non-hydrogen) atoms. The Balaban J connectivity index is 1.54. The summed E-state index contributed by atoms with van der Waals surface area (Å²) in [6, 6.07) is 14.3. The first-order chi connectivity index (χ1) is 13.5.